The van der Waals surface area contributed by atoms with Crippen LogP contribution in [0.25, 0.3) is 0 Å². The zero-order chi connectivity index (χ0) is 13.0. The minimum absolute atomic E-state index is 0.0220. The number of hydrogen-bond acceptors (Lipinski definition) is 4. The van der Waals surface area contributed by atoms with Crippen LogP contribution in [0.4, 0.5) is 0 Å². The molecule has 1 rings (SSSR count). The average Bonchev–Trinajstić information content (AvgIpc) is 2.73. The van der Waals surface area contributed by atoms with Crippen molar-refractivity contribution >= 4 is 29.0 Å². The summed E-state index contributed by atoms with van der Waals surface area (Å²) in [5.41, 5.74) is 0.754. The minimum atomic E-state index is -0.122. The van der Waals surface area contributed by atoms with Crippen molar-refractivity contribution in [2.75, 3.05) is 5.88 Å². The van der Waals surface area contributed by atoms with Crippen molar-refractivity contribution in [1.29, 1.82) is 0 Å². The second-order valence-corrected chi connectivity index (χ2v) is 5.68. The Morgan fingerprint density at radius 2 is 2.06 bits per heavy atom. The number of nitrogens with one attached hydrogen (secondary N) is 1. The fourth-order valence-electron chi connectivity index (χ4n) is 1.35. The van der Waals surface area contributed by atoms with E-state index in [1.54, 1.807) is 0 Å². The smallest absolute Gasteiger partial charge is 0.265 e. The van der Waals surface area contributed by atoms with Crippen LogP contribution < -0.4 is 5.32 Å². The van der Waals surface area contributed by atoms with Gasteiger partial charge in [0.1, 0.15) is 4.88 Å². The molecule has 0 fully saturated rings. The molecule has 1 aromatic heterocycles. The molecule has 1 N–H and O–H groups in total. The van der Waals surface area contributed by atoms with Crippen LogP contribution in [0.5, 0.6) is 0 Å². The lowest BCUT2D eigenvalue weighted by Crippen LogP contribution is -2.39. The monoisotopic (exact) mass is 275 g/mol. The van der Waals surface area contributed by atoms with Crippen molar-refractivity contribution < 1.29 is 4.79 Å². The first kappa shape index (κ1) is 14.4. The summed E-state index contributed by atoms with van der Waals surface area (Å²) in [5, 5.41) is 6.91. The molecule has 0 radical (unpaired) electrons. The van der Waals surface area contributed by atoms with E-state index in [0.29, 0.717) is 16.7 Å². The summed E-state index contributed by atoms with van der Waals surface area (Å²) in [7, 11) is 0. The van der Waals surface area contributed by atoms with E-state index in [9.17, 15) is 4.79 Å². The van der Waals surface area contributed by atoms with Gasteiger partial charge in [0.05, 0.1) is 5.69 Å². The Labute approximate surface area is 111 Å². The van der Waals surface area contributed by atoms with Crippen molar-refractivity contribution in [3.8, 4) is 0 Å². The Kier molecular flexibility index (Phi) is 5.33. The van der Waals surface area contributed by atoms with Gasteiger partial charge in [0, 0.05) is 11.9 Å². The summed E-state index contributed by atoms with van der Waals surface area (Å²) in [6, 6.07) is -0.0220. The summed E-state index contributed by atoms with van der Waals surface area (Å²) in [6.45, 7) is 8.05. The maximum atomic E-state index is 12.1. The highest BCUT2D eigenvalue weighted by Gasteiger charge is 2.22. The Morgan fingerprint density at radius 3 is 2.53 bits per heavy atom. The van der Waals surface area contributed by atoms with Gasteiger partial charge in [0.25, 0.3) is 5.91 Å². The Morgan fingerprint density at radius 1 is 1.41 bits per heavy atom. The second-order valence-electron chi connectivity index (χ2n) is 4.62. The van der Waals surface area contributed by atoms with Gasteiger partial charge in [-0.25, -0.2) is 0 Å². The van der Waals surface area contributed by atoms with Gasteiger partial charge in [-0.05, 0) is 23.4 Å². The predicted octanol–water partition coefficient (Wildman–Crippen LogP) is 2.65. The van der Waals surface area contributed by atoms with Crippen LogP contribution in [0.15, 0.2) is 0 Å². The third-order valence-electron chi connectivity index (χ3n) is 2.55. The molecule has 1 atom stereocenters. The highest BCUT2D eigenvalue weighted by molar-refractivity contribution is 7.08. The van der Waals surface area contributed by atoms with E-state index in [0.717, 1.165) is 17.2 Å². The van der Waals surface area contributed by atoms with Gasteiger partial charge in [-0.2, -0.15) is 0 Å². The number of amides is 1. The van der Waals surface area contributed by atoms with Gasteiger partial charge in [0.15, 0.2) is 0 Å². The number of aromatic nitrogens is 2. The van der Waals surface area contributed by atoms with Crippen LogP contribution in [0.1, 0.15) is 49.0 Å². The quantitative estimate of drug-likeness (QED) is 0.841. The largest absolute Gasteiger partial charge is 0.347 e. The molecule has 17 heavy (non-hydrogen) atoms. The molecule has 0 aliphatic carbocycles. The Balaban J connectivity index is 2.79. The van der Waals surface area contributed by atoms with Gasteiger partial charge in [-0.15, -0.1) is 16.7 Å². The van der Waals surface area contributed by atoms with E-state index in [1.807, 2.05) is 27.7 Å². The summed E-state index contributed by atoms with van der Waals surface area (Å²) in [5.74, 6) is 0.790. The molecular formula is C11H18ClN3OS. The lowest BCUT2D eigenvalue weighted by atomic mass is 10.1. The third kappa shape index (κ3) is 3.64. The Bertz CT molecular complexity index is 379. The van der Waals surface area contributed by atoms with Gasteiger partial charge in [-0.1, -0.05) is 32.2 Å². The lowest BCUT2D eigenvalue weighted by Gasteiger charge is -2.19. The number of carbonyl (C=O) groups excluding carboxylic acids is 1. The molecule has 0 bridgehead atoms. The molecule has 1 heterocycles. The molecule has 0 saturated heterocycles. The highest BCUT2D eigenvalue weighted by Crippen LogP contribution is 2.20. The van der Waals surface area contributed by atoms with E-state index < -0.39 is 0 Å². The standard InChI is InChI=1S/C11H18ClN3OS/c1-6(2)8(5-12)13-11(16)10-9(7(3)4)14-15-17-10/h6-8H,5H2,1-4H3,(H,13,16). The number of hydrogen-bond donors (Lipinski definition) is 1. The number of halogens is 1. The van der Waals surface area contributed by atoms with Crippen molar-refractivity contribution in [2.24, 2.45) is 5.92 Å². The molecule has 1 amide bonds. The normalized spacial score (nSPS) is 13.1. The fraction of sp³-hybridized carbons (Fsp3) is 0.727. The van der Waals surface area contributed by atoms with Gasteiger partial charge in [-0.3, -0.25) is 4.79 Å². The first-order valence-corrected chi connectivity index (χ1v) is 6.97. The minimum Gasteiger partial charge on any atom is -0.347 e. The molecule has 4 nitrogen and oxygen atoms in total. The number of rotatable bonds is 5. The topological polar surface area (TPSA) is 54.9 Å². The molecular weight excluding hydrogens is 258 g/mol. The van der Waals surface area contributed by atoms with Crippen molar-refractivity contribution in [1.82, 2.24) is 14.9 Å². The molecule has 6 heteroatoms. The van der Waals surface area contributed by atoms with Crippen molar-refractivity contribution in [3.63, 3.8) is 0 Å². The number of alkyl halides is 1. The second kappa shape index (κ2) is 6.31. The zero-order valence-corrected chi connectivity index (χ0v) is 12.1. The molecule has 96 valence electrons. The van der Waals surface area contributed by atoms with Crippen molar-refractivity contribution in [2.45, 2.75) is 39.7 Å². The third-order valence-corrected chi connectivity index (χ3v) is 3.63. The molecule has 0 aliphatic heterocycles. The summed E-state index contributed by atoms with van der Waals surface area (Å²) in [4.78, 5) is 12.7. The van der Waals surface area contributed by atoms with Gasteiger partial charge < -0.3 is 5.32 Å². The zero-order valence-electron chi connectivity index (χ0n) is 10.5. The maximum Gasteiger partial charge on any atom is 0.265 e. The molecule has 1 unspecified atom stereocenters. The van der Waals surface area contributed by atoms with Gasteiger partial charge >= 0.3 is 0 Å². The van der Waals surface area contributed by atoms with Crippen molar-refractivity contribution in [3.05, 3.63) is 10.6 Å². The predicted molar refractivity (Wildman–Crippen MR) is 70.8 cm³/mol. The van der Waals surface area contributed by atoms with E-state index in [1.165, 1.54) is 0 Å². The van der Waals surface area contributed by atoms with E-state index >= 15 is 0 Å². The van der Waals surface area contributed by atoms with Crippen LogP contribution in [0, 0.1) is 5.92 Å². The summed E-state index contributed by atoms with van der Waals surface area (Å²) in [6.07, 6.45) is 0. The lowest BCUT2D eigenvalue weighted by molar-refractivity contribution is 0.0934. The van der Waals surface area contributed by atoms with Gasteiger partial charge in [0.2, 0.25) is 0 Å². The van der Waals surface area contributed by atoms with E-state index in [4.69, 9.17) is 11.6 Å². The van der Waals surface area contributed by atoms with E-state index in [-0.39, 0.29) is 17.9 Å². The first-order valence-electron chi connectivity index (χ1n) is 5.66. The average molecular weight is 276 g/mol. The Hall–Kier alpha value is -0.680. The summed E-state index contributed by atoms with van der Waals surface area (Å²) >= 11 is 6.96. The van der Waals surface area contributed by atoms with Crippen LogP contribution in [-0.2, 0) is 0 Å². The van der Waals surface area contributed by atoms with E-state index in [2.05, 4.69) is 14.9 Å². The molecule has 0 saturated carbocycles. The van der Waals surface area contributed by atoms with Crippen LogP contribution in [0.3, 0.4) is 0 Å². The van der Waals surface area contributed by atoms with Crippen LogP contribution in [0.2, 0.25) is 0 Å². The molecule has 1 aromatic rings. The number of nitrogens with zero attached hydrogens (tertiary/aromatic N) is 2. The first-order chi connectivity index (χ1) is 7.97. The fourth-order valence-corrected chi connectivity index (χ4v) is 2.51. The SMILES string of the molecule is CC(C)c1nnsc1C(=O)NC(CCl)C(C)C. The van der Waals surface area contributed by atoms with Crippen LogP contribution >= 0.6 is 23.1 Å². The number of carbonyl (C=O) groups is 1. The molecule has 0 aromatic carbocycles. The van der Waals surface area contributed by atoms with Crippen LogP contribution in [-0.4, -0.2) is 27.4 Å². The highest BCUT2D eigenvalue weighted by atomic mass is 35.5. The molecule has 0 aliphatic rings. The summed E-state index contributed by atoms with van der Waals surface area (Å²) < 4.78 is 3.84. The maximum absolute atomic E-state index is 12.1. The molecule has 0 spiro atoms.